The van der Waals surface area contributed by atoms with E-state index in [1.54, 1.807) is 18.2 Å². The molecule has 112 valence electrons. The van der Waals surface area contributed by atoms with Crippen LogP contribution in [0, 0.1) is 5.82 Å². The molecule has 0 amide bonds. The van der Waals surface area contributed by atoms with E-state index in [1.165, 1.54) is 12.7 Å². The number of hydrogen-bond donors (Lipinski definition) is 1. The highest BCUT2D eigenvalue weighted by atomic mass is 19.1. The molecule has 0 bridgehead atoms. The van der Waals surface area contributed by atoms with Gasteiger partial charge in [-0.15, -0.1) is 0 Å². The molecule has 2 aromatic carbocycles. The lowest BCUT2D eigenvalue weighted by Gasteiger charge is -2.29. The highest BCUT2D eigenvalue weighted by Crippen LogP contribution is 2.26. The molecular formula is C18H22FNO. The molecule has 0 aliphatic carbocycles. The molecule has 1 unspecified atom stereocenters. The van der Waals surface area contributed by atoms with Crippen LogP contribution in [0.4, 0.5) is 4.39 Å². The Balaban J connectivity index is 2.22. The highest BCUT2D eigenvalue weighted by molar-refractivity contribution is 5.32. The second kappa shape index (κ2) is 6.72. The van der Waals surface area contributed by atoms with Crippen LogP contribution in [0.2, 0.25) is 0 Å². The highest BCUT2D eigenvalue weighted by Gasteiger charge is 2.25. The average molecular weight is 287 g/mol. The van der Waals surface area contributed by atoms with Crippen molar-refractivity contribution in [2.45, 2.75) is 31.7 Å². The summed E-state index contributed by atoms with van der Waals surface area (Å²) in [5.74, 6) is -0.0398. The van der Waals surface area contributed by atoms with Gasteiger partial charge in [0.05, 0.1) is 7.11 Å². The van der Waals surface area contributed by atoms with Gasteiger partial charge in [0, 0.05) is 5.54 Å². The van der Waals surface area contributed by atoms with Crippen molar-refractivity contribution in [3.05, 3.63) is 65.5 Å². The number of nitrogens with two attached hydrogens (primary N) is 1. The minimum absolute atomic E-state index is 0.269. The molecule has 2 N–H and O–H groups in total. The standard InChI is InChI=1S/C18H22FNO/c1-3-18(20,12-14-8-5-4-6-9-14)13-15-10-7-11-16(21-2)17(15)19/h4-11H,3,12-13,20H2,1-2H3. The van der Waals surface area contributed by atoms with Crippen LogP contribution in [0.1, 0.15) is 24.5 Å². The average Bonchev–Trinajstić information content (AvgIpc) is 2.50. The van der Waals surface area contributed by atoms with Crippen LogP contribution in [-0.4, -0.2) is 12.6 Å². The molecular weight excluding hydrogens is 265 g/mol. The van der Waals surface area contributed by atoms with Gasteiger partial charge in [-0.1, -0.05) is 49.4 Å². The molecule has 2 aromatic rings. The molecule has 0 aromatic heterocycles. The fraction of sp³-hybridized carbons (Fsp3) is 0.333. The maximum atomic E-state index is 14.3. The van der Waals surface area contributed by atoms with Crippen molar-refractivity contribution in [1.82, 2.24) is 0 Å². The van der Waals surface area contributed by atoms with E-state index < -0.39 is 5.54 Å². The first-order valence-corrected chi connectivity index (χ1v) is 7.22. The Morgan fingerprint density at radius 3 is 2.38 bits per heavy atom. The van der Waals surface area contributed by atoms with Gasteiger partial charge >= 0.3 is 0 Å². The van der Waals surface area contributed by atoms with Crippen LogP contribution in [0.5, 0.6) is 5.75 Å². The zero-order valence-corrected chi connectivity index (χ0v) is 12.6. The van der Waals surface area contributed by atoms with Gasteiger partial charge < -0.3 is 10.5 Å². The molecule has 21 heavy (non-hydrogen) atoms. The lowest BCUT2D eigenvalue weighted by molar-refractivity contribution is 0.370. The Morgan fingerprint density at radius 1 is 1.05 bits per heavy atom. The fourth-order valence-electron chi connectivity index (χ4n) is 2.54. The van der Waals surface area contributed by atoms with Gasteiger partial charge in [-0.2, -0.15) is 0 Å². The molecule has 0 aliphatic rings. The number of methoxy groups -OCH3 is 1. The van der Waals surface area contributed by atoms with E-state index in [2.05, 4.69) is 12.1 Å². The number of ether oxygens (including phenoxy) is 1. The van der Waals surface area contributed by atoms with Crippen molar-refractivity contribution in [3.8, 4) is 5.75 Å². The van der Waals surface area contributed by atoms with Gasteiger partial charge in [0.2, 0.25) is 0 Å². The maximum absolute atomic E-state index is 14.3. The molecule has 3 heteroatoms. The zero-order valence-electron chi connectivity index (χ0n) is 12.6. The minimum atomic E-state index is -0.464. The predicted molar refractivity (Wildman–Crippen MR) is 84.0 cm³/mol. The third kappa shape index (κ3) is 3.82. The first kappa shape index (κ1) is 15.5. The summed E-state index contributed by atoms with van der Waals surface area (Å²) in [6.45, 7) is 2.04. The summed E-state index contributed by atoms with van der Waals surface area (Å²) in [5, 5.41) is 0. The molecule has 1 atom stereocenters. The van der Waals surface area contributed by atoms with E-state index in [-0.39, 0.29) is 11.6 Å². The van der Waals surface area contributed by atoms with Crippen molar-refractivity contribution >= 4 is 0 Å². The summed E-state index contributed by atoms with van der Waals surface area (Å²) in [7, 11) is 1.47. The first-order valence-electron chi connectivity index (χ1n) is 7.22. The summed E-state index contributed by atoms with van der Waals surface area (Å²) < 4.78 is 19.3. The van der Waals surface area contributed by atoms with Crippen molar-refractivity contribution in [2.75, 3.05) is 7.11 Å². The number of halogens is 1. The number of rotatable bonds is 6. The van der Waals surface area contributed by atoms with Crippen LogP contribution in [0.3, 0.4) is 0 Å². The third-order valence-corrected chi connectivity index (χ3v) is 3.91. The molecule has 0 saturated heterocycles. The second-order valence-electron chi connectivity index (χ2n) is 5.49. The van der Waals surface area contributed by atoms with E-state index in [9.17, 15) is 4.39 Å². The Morgan fingerprint density at radius 2 is 1.76 bits per heavy atom. The molecule has 2 rings (SSSR count). The van der Waals surface area contributed by atoms with Crippen molar-refractivity contribution < 1.29 is 9.13 Å². The molecule has 0 fully saturated rings. The first-order chi connectivity index (χ1) is 10.1. The third-order valence-electron chi connectivity index (χ3n) is 3.91. The molecule has 0 spiro atoms. The Labute approximate surface area is 125 Å². The minimum Gasteiger partial charge on any atom is -0.494 e. The van der Waals surface area contributed by atoms with E-state index in [4.69, 9.17) is 10.5 Å². The van der Waals surface area contributed by atoms with E-state index >= 15 is 0 Å². The topological polar surface area (TPSA) is 35.2 Å². The van der Waals surface area contributed by atoms with Gasteiger partial charge in [-0.05, 0) is 36.5 Å². The Bertz CT molecular complexity index is 585. The number of benzene rings is 2. The number of hydrogen-bond acceptors (Lipinski definition) is 2. The summed E-state index contributed by atoms with van der Waals surface area (Å²) in [6, 6.07) is 15.3. The molecule has 0 radical (unpaired) electrons. The van der Waals surface area contributed by atoms with Crippen LogP contribution in [-0.2, 0) is 12.8 Å². The van der Waals surface area contributed by atoms with Crippen molar-refractivity contribution in [3.63, 3.8) is 0 Å². The summed E-state index contributed by atoms with van der Waals surface area (Å²) in [5.41, 5.74) is 7.83. The van der Waals surface area contributed by atoms with E-state index in [1.807, 2.05) is 25.1 Å². The zero-order chi connectivity index (χ0) is 15.3. The van der Waals surface area contributed by atoms with Gasteiger partial charge in [0.15, 0.2) is 11.6 Å². The molecule has 0 heterocycles. The summed E-state index contributed by atoms with van der Waals surface area (Å²) >= 11 is 0. The van der Waals surface area contributed by atoms with Gasteiger partial charge in [-0.3, -0.25) is 0 Å². The summed E-state index contributed by atoms with van der Waals surface area (Å²) in [6.07, 6.45) is 1.99. The van der Waals surface area contributed by atoms with Crippen LogP contribution in [0.15, 0.2) is 48.5 Å². The normalized spacial score (nSPS) is 13.7. The van der Waals surface area contributed by atoms with Crippen LogP contribution in [0.25, 0.3) is 0 Å². The Kier molecular flexibility index (Phi) is 4.97. The SMILES string of the molecule is CCC(N)(Cc1ccccc1)Cc1cccc(OC)c1F. The maximum Gasteiger partial charge on any atom is 0.168 e. The quantitative estimate of drug-likeness (QED) is 0.878. The van der Waals surface area contributed by atoms with Gasteiger partial charge in [0.25, 0.3) is 0 Å². The molecule has 2 nitrogen and oxygen atoms in total. The smallest absolute Gasteiger partial charge is 0.168 e. The van der Waals surface area contributed by atoms with E-state index in [0.29, 0.717) is 12.0 Å². The van der Waals surface area contributed by atoms with Gasteiger partial charge in [0.1, 0.15) is 0 Å². The van der Waals surface area contributed by atoms with Crippen molar-refractivity contribution in [2.24, 2.45) is 5.73 Å². The van der Waals surface area contributed by atoms with Crippen molar-refractivity contribution in [1.29, 1.82) is 0 Å². The van der Waals surface area contributed by atoms with E-state index in [0.717, 1.165) is 12.8 Å². The van der Waals surface area contributed by atoms with Crippen LogP contribution < -0.4 is 10.5 Å². The monoisotopic (exact) mass is 287 g/mol. The summed E-state index contributed by atoms with van der Waals surface area (Å²) in [4.78, 5) is 0. The van der Waals surface area contributed by atoms with Crippen LogP contribution >= 0.6 is 0 Å². The molecule has 0 saturated carbocycles. The largest absolute Gasteiger partial charge is 0.494 e. The molecule has 0 aliphatic heterocycles. The Hall–Kier alpha value is -1.87. The second-order valence-corrected chi connectivity index (χ2v) is 5.49. The van der Waals surface area contributed by atoms with Gasteiger partial charge in [-0.25, -0.2) is 4.39 Å². The lowest BCUT2D eigenvalue weighted by Crippen LogP contribution is -2.44. The predicted octanol–water partition coefficient (Wildman–Crippen LogP) is 3.73. The fourth-order valence-corrected chi connectivity index (χ4v) is 2.54. The lowest BCUT2D eigenvalue weighted by atomic mass is 9.83.